The Labute approximate surface area is 75.1 Å². The molecule has 1 aliphatic rings. The Hall–Kier alpha value is -1.59. The largest absolute Gasteiger partial charge is 0.379 e. The Bertz CT molecular complexity index is 287. The van der Waals surface area contributed by atoms with Gasteiger partial charge in [0.1, 0.15) is 5.71 Å². The van der Waals surface area contributed by atoms with Gasteiger partial charge in [0, 0.05) is 7.05 Å². The van der Waals surface area contributed by atoms with Crippen LogP contribution in [0.5, 0.6) is 0 Å². The maximum atomic E-state index is 11.1. The van der Waals surface area contributed by atoms with E-state index in [1.807, 2.05) is 0 Å². The molecule has 0 fully saturated rings. The Kier molecular flexibility index (Phi) is 2.22. The van der Waals surface area contributed by atoms with Gasteiger partial charge in [-0.05, 0) is 6.92 Å². The second kappa shape index (κ2) is 3.04. The van der Waals surface area contributed by atoms with Crippen molar-refractivity contribution in [3.63, 3.8) is 0 Å². The number of hydrogen-bond acceptors (Lipinski definition) is 4. The fraction of sp³-hybridized carbons (Fsp3) is 0.571. The molecule has 6 nitrogen and oxygen atoms in total. The van der Waals surface area contributed by atoms with Crippen molar-refractivity contribution < 1.29 is 14.4 Å². The van der Waals surface area contributed by atoms with Crippen LogP contribution < -0.4 is 11.1 Å². The highest BCUT2D eigenvalue weighted by Crippen LogP contribution is 2.22. The van der Waals surface area contributed by atoms with E-state index < -0.39 is 11.5 Å². The zero-order valence-electron chi connectivity index (χ0n) is 7.46. The van der Waals surface area contributed by atoms with Crippen LogP contribution in [-0.4, -0.2) is 30.2 Å². The molecule has 1 aliphatic heterocycles. The predicted octanol–water partition coefficient (Wildman–Crippen LogP) is -1.25. The van der Waals surface area contributed by atoms with E-state index in [0.29, 0.717) is 0 Å². The summed E-state index contributed by atoms with van der Waals surface area (Å²) in [6, 6.07) is 0. The van der Waals surface area contributed by atoms with E-state index in [1.165, 1.54) is 14.0 Å². The van der Waals surface area contributed by atoms with Crippen LogP contribution in [0.15, 0.2) is 5.16 Å². The summed E-state index contributed by atoms with van der Waals surface area (Å²) in [4.78, 5) is 26.7. The summed E-state index contributed by atoms with van der Waals surface area (Å²) in [5.41, 5.74) is 4.07. The van der Waals surface area contributed by atoms with Crippen molar-refractivity contribution in [3.05, 3.63) is 0 Å². The van der Waals surface area contributed by atoms with E-state index in [0.717, 1.165) is 0 Å². The third-order valence-corrected chi connectivity index (χ3v) is 1.87. The molecule has 0 aliphatic carbocycles. The molecular weight excluding hydrogens is 174 g/mol. The molecule has 1 heterocycles. The summed E-state index contributed by atoms with van der Waals surface area (Å²) in [5, 5.41) is 5.87. The van der Waals surface area contributed by atoms with Gasteiger partial charge < -0.3 is 15.9 Å². The molecule has 0 spiro atoms. The van der Waals surface area contributed by atoms with E-state index in [2.05, 4.69) is 10.5 Å². The van der Waals surface area contributed by atoms with Crippen LogP contribution in [0, 0.1) is 0 Å². The second-order valence-electron chi connectivity index (χ2n) is 2.98. The average molecular weight is 185 g/mol. The van der Waals surface area contributed by atoms with Crippen LogP contribution in [0.3, 0.4) is 0 Å². The second-order valence-corrected chi connectivity index (χ2v) is 2.98. The molecule has 1 atom stereocenters. The summed E-state index contributed by atoms with van der Waals surface area (Å²) in [7, 11) is 1.48. The smallest absolute Gasteiger partial charge is 0.268 e. The first-order valence-electron chi connectivity index (χ1n) is 3.76. The minimum Gasteiger partial charge on any atom is -0.379 e. The molecule has 3 N–H and O–H groups in total. The van der Waals surface area contributed by atoms with Gasteiger partial charge in [-0.1, -0.05) is 5.16 Å². The Morgan fingerprint density at radius 2 is 2.31 bits per heavy atom. The van der Waals surface area contributed by atoms with E-state index in [1.54, 1.807) is 0 Å². The Balaban J connectivity index is 2.71. The quantitative estimate of drug-likeness (QED) is 0.563. The number of oxime groups is 1. The van der Waals surface area contributed by atoms with Gasteiger partial charge >= 0.3 is 0 Å². The molecule has 0 aromatic carbocycles. The Morgan fingerprint density at radius 1 is 1.69 bits per heavy atom. The van der Waals surface area contributed by atoms with Gasteiger partial charge in [-0.25, -0.2) is 0 Å². The summed E-state index contributed by atoms with van der Waals surface area (Å²) in [6.45, 7) is 1.49. The standard InChI is InChI=1S/C7H11N3O3/c1-7(6(8)12)3-4(10-13-7)5(11)9-2/h3H2,1-2H3,(H2,8,12)(H,9,11)/t7-/m1/s1. The summed E-state index contributed by atoms with van der Waals surface area (Å²) >= 11 is 0. The van der Waals surface area contributed by atoms with Crippen LogP contribution in [-0.2, 0) is 14.4 Å². The number of hydrogen-bond donors (Lipinski definition) is 2. The van der Waals surface area contributed by atoms with Gasteiger partial charge in [0.2, 0.25) is 5.60 Å². The molecule has 13 heavy (non-hydrogen) atoms. The fourth-order valence-electron chi connectivity index (χ4n) is 0.938. The van der Waals surface area contributed by atoms with Gasteiger partial charge in [-0.3, -0.25) is 9.59 Å². The number of carbonyl (C=O) groups is 2. The zero-order valence-corrected chi connectivity index (χ0v) is 7.46. The number of carbonyl (C=O) groups excluding carboxylic acids is 2. The first-order valence-corrected chi connectivity index (χ1v) is 3.76. The molecular formula is C7H11N3O3. The van der Waals surface area contributed by atoms with Crippen LogP contribution in [0.1, 0.15) is 13.3 Å². The van der Waals surface area contributed by atoms with Crippen LogP contribution in [0.2, 0.25) is 0 Å². The first kappa shape index (κ1) is 9.50. The predicted molar refractivity (Wildman–Crippen MR) is 44.8 cm³/mol. The van der Waals surface area contributed by atoms with Crippen LogP contribution in [0.25, 0.3) is 0 Å². The van der Waals surface area contributed by atoms with Crippen molar-refractivity contribution in [2.75, 3.05) is 7.05 Å². The van der Waals surface area contributed by atoms with Crippen LogP contribution in [0.4, 0.5) is 0 Å². The van der Waals surface area contributed by atoms with E-state index in [9.17, 15) is 9.59 Å². The average Bonchev–Trinajstić information content (AvgIpc) is 2.48. The number of primary amides is 1. The fourth-order valence-corrected chi connectivity index (χ4v) is 0.938. The molecule has 2 amide bonds. The molecule has 0 bridgehead atoms. The van der Waals surface area contributed by atoms with Gasteiger partial charge in [0.25, 0.3) is 11.8 Å². The van der Waals surface area contributed by atoms with Gasteiger partial charge in [-0.2, -0.15) is 0 Å². The summed E-state index contributed by atoms with van der Waals surface area (Å²) < 4.78 is 0. The van der Waals surface area contributed by atoms with Crippen molar-refractivity contribution in [2.24, 2.45) is 10.9 Å². The minimum absolute atomic E-state index is 0.113. The van der Waals surface area contributed by atoms with E-state index >= 15 is 0 Å². The van der Waals surface area contributed by atoms with E-state index in [4.69, 9.17) is 10.6 Å². The summed E-state index contributed by atoms with van der Waals surface area (Å²) in [6.07, 6.45) is 0.113. The third-order valence-electron chi connectivity index (χ3n) is 1.87. The van der Waals surface area contributed by atoms with Crippen molar-refractivity contribution in [1.29, 1.82) is 0 Å². The lowest BCUT2D eigenvalue weighted by Crippen LogP contribution is -2.42. The molecule has 1 rings (SSSR count). The highest BCUT2D eigenvalue weighted by molar-refractivity contribution is 6.39. The molecule has 0 saturated heterocycles. The molecule has 72 valence electrons. The van der Waals surface area contributed by atoms with Crippen LogP contribution >= 0.6 is 0 Å². The first-order chi connectivity index (χ1) is 5.99. The molecule has 0 unspecified atom stereocenters. The normalized spacial score (nSPS) is 26.2. The number of nitrogens with zero attached hydrogens (tertiary/aromatic N) is 1. The summed E-state index contributed by atoms with van der Waals surface area (Å²) in [5.74, 6) is -0.986. The van der Waals surface area contributed by atoms with Gasteiger partial charge in [0.15, 0.2) is 0 Å². The molecule has 0 aromatic rings. The number of nitrogens with two attached hydrogens (primary N) is 1. The maximum absolute atomic E-state index is 11.1. The Morgan fingerprint density at radius 3 is 2.69 bits per heavy atom. The third kappa shape index (κ3) is 1.61. The molecule has 0 saturated carbocycles. The van der Waals surface area contributed by atoms with Crippen molar-refractivity contribution >= 4 is 17.5 Å². The van der Waals surface area contributed by atoms with Crippen molar-refractivity contribution in [1.82, 2.24) is 5.32 Å². The van der Waals surface area contributed by atoms with Gasteiger partial charge in [-0.15, -0.1) is 0 Å². The lowest BCUT2D eigenvalue weighted by molar-refractivity contribution is -0.138. The number of amides is 2. The highest BCUT2D eigenvalue weighted by Gasteiger charge is 2.42. The van der Waals surface area contributed by atoms with Crippen molar-refractivity contribution in [3.8, 4) is 0 Å². The maximum Gasteiger partial charge on any atom is 0.268 e. The minimum atomic E-state index is -1.18. The molecule has 0 aromatic heterocycles. The number of rotatable bonds is 2. The SMILES string of the molecule is CNC(=O)C1=NO[C@@](C)(C(N)=O)C1. The topological polar surface area (TPSA) is 93.8 Å². The van der Waals surface area contributed by atoms with E-state index in [-0.39, 0.29) is 18.0 Å². The number of nitrogens with one attached hydrogen (secondary N) is 1. The van der Waals surface area contributed by atoms with Gasteiger partial charge in [0.05, 0.1) is 6.42 Å². The lowest BCUT2D eigenvalue weighted by atomic mass is 9.99. The zero-order chi connectivity index (χ0) is 10.1. The monoisotopic (exact) mass is 185 g/mol. The molecule has 0 radical (unpaired) electrons. The highest BCUT2D eigenvalue weighted by atomic mass is 16.7. The van der Waals surface area contributed by atoms with Crippen molar-refractivity contribution in [2.45, 2.75) is 18.9 Å². The lowest BCUT2D eigenvalue weighted by Gasteiger charge is -2.15. The molecule has 6 heteroatoms.